The average molecular weight is 242 g/mol. The minimum Gasteiger partial charge on any atom is -0.373 e. The molecule has 0 unspecified atom stereocenters. The highest BCUT2D eigenvalue weighted by Crippen LogP contribution is 2.30. The van der Waals surface area contributed by atoms with E-state index in [2.05, 4.69) is 32.6 Å². The molecule has 1 fully saturated rings. The van der Waals surface area contributed by atoms with Gasteiger partial charge < -0.3 is 10.5 Å². The minimum absolute atomic E-state index is 0.0276. The summed E-state index contributed by atoms with van der Waals surface area (Å²) in [5.41, 5.74) is 6.29. The van der Waals surface area contributed by atoms with Crippen molar-refractivity contribution in [1.29, 1.82) is 0 Å². The predicted molar refractivity (Wildman–Crippen MR) is 73.2 cm³/mol. The van der Waals surface area contributed by atoms with E-state index in [1.54, 1.807) is 0 Å². The van der Waals surface area contributed by atoms with Gasteiger partial charge in [-0.3, -0.25) is 4.90 Å². The van der Waals surface area contributed by atoms with Gasteiger partial charge in [-0.05, 0) is 26.7 Å². The van der Waals surface area contributed by atoms with E-state index in [1.807, 2.05) is 0 Å². The Morgan fingerprint density at radius 1 is 1.24 bits per heavy atom. The smallest absolute Gasteiger partial charge is 0.0753 e. The molecule has 2 N–H and O–H groups in total. The summed E-state index contributed by atoms with van der Waals surface area (Å²) < 4.78 is 5.81. The van der Waals surface area contributed by atoms with Crippen LogP contribution in [0.4, 0.5) is 0 Å². The number of morpholine rings is 1. The first-order valence-corrected chi connectivity index (χ1v) is 7.09. The molecule has 0 saturated carbocycles. The van der Waals surface area contributed by atoms with Crippen LogP contribution in [0, 0.1) is 0 Å². The second kappa shape index (κ2) is 6.17. The minimum atomic E-state index is -0.0276. The molecule has 0 amide bonds. The van der Waals surface area contributed by atoms with Crippen LogP contribution in [0.25, 0.3) is 0 Å². The summed E-state index contributed by atoms with van der Waals surface area (Å²) in [5, 5.41) is 0. The highest BCUT2D eigenvalue weighted by Gasteiger charge is 2.39. The van der Waals surface area contributed by atoms with Gasteiger partial charge in [0.25, 0.3) is 0 Å². The molecule has 0 atom stereocenters. The fourth-order valence-electron chi connectivity index (χ4n) is 3.13. The second-order valence-corrected chi connectivity index (χ2v) is 5.96. The molecule has 102 valence electrons. The van der Waals surface area contributed by atoms with E-state index in [1.165, 1.54) is 25.7 Å². The van der Waals surface area contributed by atoms with E-state index in [0.29, 0.717) is 0 Å². The zero-order chi connectivity index (χ0) is 12.9. The normalized spacial score (nSPS) is 21.7. The van der Waals surface area contributed by atoms with Crippen molar-refractivity contribution in [2.24, 2.45) is 5.73 Å². The van der Waals surface area contributed by atoms with Crippen LogP contribution >= 0.6 is 0 Å². The lowest BCUT2D eigenvalue weighted by atomic mass is 9.85. The lowest BCUT2D eigenvalue weighted by Crippen LogP contribution is -2.61. The van der Waals surface area contributed by atoms with Gasteiger partial charge in [-0.2, -0.15) is 0 Å². The van der Waals surface area contributed by atoms with Crippen molar-refractivity contribution in [3.8, 4) is 0 Å². The van der Waals surface area contributed by atoms with Gasteiger partial charge in [-0.15, -0.1) is 0 Å². The third-order valence-electron chi connectivity index (χ3n) is 3.91. The Balaban J connectivity index is 2.80. The first kappa shape index (κ1) is 14.9. The van der Waals surface area contributed by atoms with Gasteiger partial charge in [-0.25, -0.2) is 0 Å². The summed E-state index contributed by atoms with van der Waals surface area (Å²) >= 11 is 0. The molecule has 0 aromatic heterocycles. The van der Waals surface area contributed by atoms with Crippen LogP contribution in [0.2, 0.25) is 0 Å². The van der Waals surface area contributed by atoms with Gasteiger partial charge in [0, 0.05) is 25.2 Å². The first-order valence-electron chi connectivity index (χ1n) is 7.09. The number of rotatable bonds is 6. The Labute approximate surface area is 107 Å². The number of nitrogens with two attached hydrogens (primary N) is 1. The van der Waals surface area contributed by atoms with E-state index in [-0.39, 0.29) is 11.1 Å². The van der Waals surface area contributed by atoms with Crippen molar-refractivity contribution < 1.29 is 4.74 Å². The molecular weight excluding hydrogens is 212 g/mol. The molecule has 1 aliphatic rings. The van der Waals surface area contributed by atoms with Crippen LogP contribution in [0.1, 0.15) is 53.4 Å². The maximum Gasteiger partial charge on any atom is 0.0753 e. The molecule has 0 aromatic carbocycles. The van der Waals surface area contributed by atoms with E-state index in [9.17, 15) is 0 Å². The van der Waals surface area contributed by atoms with Gasteiger partial charge >= 0.3 is 0 Å². The number of ether oxygens (including phenoxy) is 1. The zero-order valence-corrected chi connectivity index (χ0v) is 12.1. The maximum absolute atomic E-state index is 6.12. The Morgan fingerprint density at radius 3 is 2.24 bits per heavy atom. The summed E-state index contributed by atoms with van der Waals surface area (Å²) in [6, 6.07) is 0. The fourth-order valence-corrected chi connectivity index (χ4v) is 3.13. The first-order chi connectivity index (χ1) is 7.99. The summed E-state index contributed by atoms with van der Waals surface area (Å²) in [6.07, 6.45) is 4.81. The standard InChI is InChI=1S/C14H30N2O/c1-5-7-14(11-15,8-6-2)16-9-10-17-13(3,4)12-16/h5-12,15H2,1-4H3. The molecule has 0 aromatic rings. The van der Waals surface area contributed by atoms with Gasteiger partial charge in [0.1, 0.15) is 0 Å². The maximum atomic E-state index is 6.12. The Kier molecular flexibility index (Phi) is 5.42. The summed E-state index contributed by atoms with van der Waals surface area (Å²) in [4.78, 5) is 2.59. The van der Waals surface area contributed by atoms with Gasteiger partial charge in [0.15, 0.2) is 0 Å². The van der Waals surface area contributed by atoms with Crippen molar-refractivity contribution in [2.75, 3.05) is 26.2 Å². The Morgan fingerprint density at radius 2 is 1.82 bits per heavy atom. The summed E-state index contributed by atoms with van der Waals surface area (Å²) in [6.45, 7) is 12.5. The molecule has 0 radical (unpaired) electrons. The van der Waals surface area contributed by atoms with Gasteiger partial charge in [0.2, 0.25) is 0 Å². The van der Waals surface area contributed by atoms with Crippen LogP contribution in [-0.2, 0) is 4.74 Å². The molecule has 17 heavy (non-hydrogen) atoms. The monoisotopic (exact) mass is 242 g/mol. The van der Waals surface area contributed by atoms with Crippen molar-refractivity contribution >= 4 is 0 Å². The molecule has 0 aliphatic carbocycles. The largest absolute Gasteiger partial charge is 0.373 e. The van der Waals surface area contributed by atoms with Gasteiger partial charge in [-0.1, -0.05) is 26.7 Å². The van der Waals surface area contributed by atoms with Crippen molar-refractivity contribution in [2.45, 2.75) is 64.5 Å². The van der Waals surface area contributed by atoms with Gasteiger partial charge in [0.05, 0.1) is 12.2 Å². The molecule has 0 bridgehead atoms. The van der Waals surface area contributed by atoms with Crippen molar-refractivity contribution in [3.63, 3.8) is 0 Å². The van der Waals surface area contributed by atoms with Crippen LogP contribution in [0.5, 0.6) is 0 Å². The quantitative estimate of drug-likeness (QED) is 0.777. The Bertz CT molecular complexity index is 222. The van der Waals surface area contributed by atoms with Crippen LogP contribution in [0.3, 0.4) is 0 Å². The third kappa shape index (κ3) is 3.67. The molecular formula is C14H30N2O. The highest BCUT2D eigenvalue weighted by atomic mass is 16.5. The number of hydrogen-bond donors (Lipinski definition) is 1. The SMILES string of the molecule is CCCC(CN)(CCC)N1CCOC(C)(C)C1. The fraction of sp³-hybridized carbons (Fsp3) is 1.00. The molecule has 3 heteroatoms. The molecule has 3 nitrogen and oxygen atoms in total. The summed E-state index contributed by atoms with van der Waals surface area (Å²) in [5.74, 6) is 0. The van der Waals surface area contributed by atoms with Crippen LogP contribution < -0.4 is 5.73 Å². The summed E-state index contributed by atoms with van der Waals surface area (Å²) in [7, 11) is 0. The molecule has 1 aliphatic heterocycles. The molecule has 1 saturated heterocycles. The lowest BCUT2D eigenvalue weighted by Gasteiger charge is -2.49. The number of hydrogen-bond acceptors (Lipinski definition) is 3. The van der Waals surface area contributed by atoms with Crippen LogP contribution in [0.15, 0.2) is 0 Å². The van der Waals surface area contributed by atoms with E-state index in [0.717, 1.165) is 26.2 Å². The molecule has 0 spiro atoms. The average Bonchev–Trinajstić information content (AvgIpc) is 2.27. The molecule has 1 rings (SSSR count). The van der Waals surface area contributed by atoms with Crippen molar-refractivity contribution in [1.82, 2.24) is 4.90 Å². The Hall–Kier alpha value is -0.120. The van der Waals surface area contributed by atoms with Crippen molar-refractivity contribution in [3.05, 3.63) is 0 Å². The zero-order valence-electron chi connectivity index (χ0n) is 12.1. The topological polar surface area (TPSA) is 38.5 Å². The van der Waals surface area contributed by atoms with E-state index in [4.69, 9.17) is 10.5 Å². The third-order valence-corrected chi connectivity index (χ3v) is 3.91. The predicted octanol–water partition coefficient (Wildman–Crippen LogP) is 2.39. The van der Waals surface area contributed by atoms with E-state index < -0.39 is 0 Å². The number of nitrogens with zero attached hydrogens (tertiary/aromatic N) is 1. The van der Waals surface area contributed by atoms with E-state index >= 15 is 0 Å². The highest BCUT2D eigenvalue weighted by molar-refractivity contribution is 4.95. The second-order valence-electron chi connectivity index (χ2n) is 5.96. The molecule has 1 heterocycles. The van der Waals surface area contributed by atoms with Crippen LogP contribution in [-0.4, -0.2) is 42.3 Å². The lowest BCUT2D eigenvalue weighted by molar-refractivity contribution is -0.118.